The van der Waals surface area contributed by atoms with Crippen LogP contribution in [0, 0.1) is 5.82 Å². The second-order valence-corrected chi connectivity index (χ2v) is 6.12. The molecule has 1 saturated heterocycles. The van der Waals surface area contributed by atoms with Crippen LogP contribution in [-0.4, -0.2) is 12.6 Å². The van der Waals surface area contributed by atoms with E-state index in [0.29, 0.717) is 6.04 Å². The van der Waals surface area contributed by atoms with Crippen LogP contribution in [-0.2, 0) is 6.42 Å². The normalized spacial score (nSPS) is 20.2. The summed E-state index contributed by atoms with van der Waals surface area (Å²) in [7, 11) is 0. The van der Waals surface area contributed by atoms with Crippen molar-refractivity contribution in [3.8, 4) is 0 Å². The number of rotatable bonds is 4. The molecule has 2 unspecified atom stereocenters. The second kappa shape index (κ2) is 6.10. The van der Waals surface area contributed by atoms with E-state index in [1.807, 2.05) is 18.2 Å². The van der Waals surface area contributed by atoms with Gasteiger partial charge in [-0.15, -0.1) is 0 Å². The van der Waals surface area contributed by atoms with Gasteiger partial charge in [0.2, 0.25) is 0 Å². The predicted molar refractivity (Wildman–Crippen MR) is 80.3 cm³/mol. The van der Waals surface area contributed by atoms with Gasteiger partial charge in [0.05, 0.1) is 6.26 Å². The molecule has 1 fully saturated rings. The van der Waals surface area contributed by atoms with Gasteiger partial charge in [0.1, 0.15) is 11.6 Å². The third-order valence-corrected chi connectivity index (χ3v) is 4.69. The molecule has 2 heterocycles. The van der Waals surface area contributed by atoms with Gasteiger partial charge >= 0.3 is 0 Å². The number of halogens is 2. The molecule has 1 aromatic heterocycles. The van der Waals surface area contributed by atoms with Gasteiger partial charge in [-0.1, -0.05) is 22.0 Å². The lowest BCUT2D eigenvalue weighted by atomic mass is 9.89. The molecule has 0 amide bonds. The first-order valence-corrected chi connectivity index (χ1v) is 7.74. The van der Waals surface area contributed by atoms with Crippen LogP contribution in [0.15, 0.2) is 45.5 Å². The Morgan fingerprint density at radius 1 is 1.40 bits per heavy atom. The number of furan rings is 1. The lowest BCUT2D eigenvalue weighted by Gasteiger charge is -2.22. The van der Waals surface area contributed by atoms with Gasteiger partial charge in [0.15, 0.2) is 0 Å². The summed E-state index contributed by atoms with van der Waals surface area (Å²) in [5.41, 5.74) is 1.11. The topological polar surface area (TPSA) is 25.2 Å². The highest BCUT2D eigenvalue weighted by Gasteiger charge is 2.28. The molecular weight excluding hydrogens is 321 g/mol. The van der Waals surface area contributed by atoms with E-state index in [1.165, 1.54) is 18.6 Å². The number of benzene rings is 1. The van der Waals surface area contributed by atoms with E-state index in [4.69, 9.17) is 4.42 Å². The Balaban J connectivity index is 1.86. The molecule has 1 aliphatic heterocycles. The molecule has 1 aliphatic rings. The van der Waals surface area contributed by atoms with Crippen LogP contribution >= 0.6 is 15.9 Å². The van der Waals surface area contributed by atoms with Gasteiger partial charge in [0.25, 0.3) is 0 Å². The monoisotopic (exact) mass is 337 g/mol. The molecule has 0 spiro atoms. The summed E-state index contributed by atoms with van der Waals surface area (Å²) in [6.07, 6.45) is 4.92. The lowest BCUT2D eigenvalue weighted by molar-refractivity contribution is 0.394. The Labute approximate surface area is 126 Å². The van der Waals surface area contributed by atoms with E-state index in [-0.39, 0.29) is 11.7 Å². The summed E-state index contributed by atoms with van der Waals surface area (Å²) in [6, 6.07) is 9.28. The molecule has 2 aromatic rings. The lowest BCUT2D eigenvalue weighted by Crippen LogP contribution is -2.30. The molecule has 0 aliphatic carbocycles. The van der Waals surface area contributed by atoms with Crippen molar-refractivity contribution in [2.24, 2.45) is 0 Å². The van der Waals surface area contributed by atoms with Crippen molar-refractivity contribution in [3.05, 3.63) is 58.2 Å². The first-order valence-electron chi connectivity index (χ1n) is 6.95. The molecular formula is C16H17BrFNO. The predicted octanol–water partition coefficient (Wildman–Crippen LogP) is 4.26. The SMILES string of the molecule is Fc1ccc(CC(c2ccco2)C2CCCN2)c(Br)c1. The van der Waals surface area contributed by atoms with Crippen LogP contribution in [0.4, 0.5) is 4.39 Å². The molecule has 3 rings (SSSR count). The van der Waals surface area contributed by atoms with Gasteiger partial charge < -0.3 is 9.73 Å². The van der Waals surface area contributed by atoms with Crippen molar-refractivity contribution in [3.63, 3.8) is 0 Å². The third-order valence-electron chi connectivity index (χ3n) is 3.95. The molecule has 1 N–H and O–H groups in total. The Morgan fingerprint density at radius 3 is 2.95 bits per heavy atom. The van der Waals surface area contributed by atoms with Crippen molar-refractivity contribution < 1.29 is 8.81 Å². The average Bonchev–Trinajstić information content (AvgIpc) is 3.11. The third kappa shape index (κ3) is 2.96. The van der Waals surface area contributed by atoms with Gasteiger partial charge in [0, 0.05) is 16.4 Å². The molecule has 1 aromatic carbocycles. The van der Waals surface area contributed by atoms with Crippen molar-refractivity contribution in [2.75, 3.05) is 6.54 Å². The van der Waals surface area contributed by atoms with E-state index in [2.05, 4.69) is 21.2 Å². The number of hydrogen-bond donors (Lipinski definition) is 1. The van der Waals surface area contributed by atoms with E-state index >= 15 is 0 Å². The molecule has 20 heavy (non-hydrogen) atoms. The number of hydrogen-bond acceptors (Lipinski definition) is 2. The summed E-state index contributed by atoms with van der Waals surface area (Å²) in [6.45, 7) is 1.06. The Bertz CT molecular complexity index is 564. The van der Waals surface area contributed by atoms with Crippen LogP contribution in [0.1, 0.15) is 30.1 Å². The fourth-order valence-corrected chi connectivity index (χ4v) is 3.44. The van der Waals surface area contributed by atoms with Crippen molar-refractivity contribution in [2.45, 2.75) is 31.2 Å². The van der Waals surface area contributed by atoms with Gasteiger partial charge in [-0.05, 0) is 55.6 Å². The maximum absolute atomic E-state index is 13.2. The van der Waals surface area contributed by atoms with Gasteiger partial charge in [-0.25, -0.2) is 4.39 Å². The minimum atomic E-state index is -0.214. The zero-order valence-corrected chi connectivity index (χ0v) is 12.7. The Kier molecular flexibility index (Phi) is 4.22. The first-order chi connectivity index (χ1) is 9.74. The average molecular weight is 338 g/mol. The minimum absolute atomic E-state index is 0.214. The highest BCUT2D eigenvalue weighted by Crippen LogP contribution is 2.31. The smallest absolute Gasteiger partial charge is 0.124 e. The van der Waals surface area contributed by atoms with Crippen LogP contribution in [0.5, 0.6) is 0 Å². The fourth-order valence-electron chi connectivity index (χ4n) is 2.92. The zero-order chi connectivity index (χ0) is 13.9. The van der Waals surface area contributed by atoms with Crippen LogP contribution in [0.3, 0.4) is 0 Å². The van der Waals surface area contributed by atoms with Crippen molar-refractivity contribution >= 4 is 15.9 Å². The molecule has 0 saturated carbocycles. The molecule has 0 radical (unpaired) electrons. The Morgan fingerprint density at radius 2 is 2.30 bits per heavy atom. The fraction of sp³-hybridized carbons (Fsp3) is 0.375. The summed E-state index contributed by atoms with van der Waals surface area (Å²) in [5, 5.41) is 3.55. The quantitative estimate of drug-likeness (QED) is 0.901. The molecule has 2 nitrogen and oxygen atoms in total. The van der Waals surface area contributed by atoms with E-state index in [9.17, 15) is 4.39 Å². The standard InChI is InChI=1S/C16H17BrFNO/c17-14-10-12(18)6-5-11(14)9-13(15-3-1-7-19-15)16-4-2-8-20-16/h2,4-6,8,10,13,15,19H,1,3,7,9H2. The maximum atomic E-state index is 13.2. The molecule has 0 bridgehead atoms. The summed E-state index contributed by atoms with van der Waals surface area (Å²) < 4.78 is 19.6. The van der Waals surface area contributed by atoms with E-state index in [1.54, 1.807) is 6.26 Å². The van der Waals surface area contributed by atoms with Gasteiger partial charge in [-0.2, -0.15) is 0 Å². The second-order valence-electron chi connectivity index (χ2n) is 5.26. The van der Waals surface area contributed by atoms with Gasteiger partial charge in [-0.3, -0.25) is 0 Å². The molecule has 4 heteroatoms. The number of nitrogens with one attached hydrogen (secondary N) is 1. The largest absolute Gasteiger partial charge is 0.469 e. The van der Waals surface area contributed by atoms with Crippen LogP contribution < -0.4 is 5.32 Å². The van der Waals surface area contributed by atoms with E-state index in [0.717, 1.165) is 35.2 Å². The molecule has 106 valence electrons. The van der Waals surface area contributed by atoms with Crippen LogP contribution in [0.25, 0.3) is 0 Å². The van der Waals surface area contributed by atoms with E-state index < -0.39 is 0 Å². The zero-order valence-electron chi connectivity index (χ0n) is 11.1. The van der Waals surface area contributed by atoms with Crippen molar-refractivity contribution in [1.82, 2.24) is 5.32 Å². The summed E-state index contributed by atoms with van der Waals surface area (Å²) in [4.78, 5) is 0. The van der Waals surface area contributed by atoms with Crippen molar-refractivity contribution in [1.29, 1.82) is 0 Å². The summed E-state index contributed by atoms with van der Waals surface area (Å²) >= 11 is 3.46. The highest BCUT2D eigenvalue weighted by molar-refractivity contribution is 9.10. The highest BCUT2D eigenvalue weighted by atomic mass is 79.9. The van der Waals surface area contributed by atoms with Crippen LogP contribution in [0.2, 0.25) is 0 Å². The molecule has 2 atom stereocenters. The Hall–Kier alpha value is -1.13. The first kappa shape index (κ1) is 13.8. The maximum Gasteiger partial charge on any atom is 0.124 e. The minimum Gasteiger partial charge on any atom is -0.469 e. The summed E-state index contributed by atoms with van der Waals surface area (Å²) in [5.74, 6) is 1.07.